The molecule has 4 bridgehead atoms. The molecular formula is C50H41N. The maximum absolute atomic E-state index is 2.61. The Morgan fingerprint density at radius 2 is 0.902 bits per heavy atom. The monoisotopic (exact) mass is 655 g/mol. The van der Waals surface area contributed by atoms with E-state index in [2.05, 4.69) is 169 Å². The Balaban J connectivity index is 1.05. The Hall–Kier alpha value is -5.40. The molecule has 0 heterocycles. The lowest BCUT2D eigenvalue weighted by Crippen LogP contribution is -2.55. The topological polar surface area (TPSA) is 3.24 Å². The van der Waals surface area contributed by atoms with Gasteiger partial charge in [0.15, 0.2) is 0 Å². The molecule has 7 aromatic rings. The number of fused-ring (bicyclic) bond motifs is 4. The summed E-state index contributed by atoms with van der Waals surface area (Å²) in [5.74, 6) is 3.34. The third-order valence-corrected chi connectivity index (χ3v) is 13.2. The van der Waals surface area contributed by atoms with Crippen LogP contribution in [-0.2, 0) is 5.41 Å². The van der Waals surface area contributed by atoms with Gasteiger partial charge in [-0.25, -0.2) is 0 Å². The summed E-state index contributed by atoms with van der Waals surface area (Å²) in [6.45, 7) is 0. The van der Waals surface area contributed by atoms with Crippen molar-refractivity contribution in [1.82, 2.24) is 0 Å². The lowest BCUT2D eigenvalue weighted by Gasteiger charge is -2.61. The molecule has 0 amide bonds. The van der Waals surface area contributed by atoms with Crippen LogP contribution in [0.1, 0.15) is 43.2 Å². The zero-order valence-corrected chi connectivity index (χ0v) is 28.9. The largest absolute Gasteiger partial charge is 0.310 e. The van der Waals surface area contributed by atoms with Crippen molar-refractivity contribution in [2.75, 3.05) is 4.90 Å². The molecule has 0 aliphatic heterocycles. The van der Waals surface area contributed by atoms with Gasteiger partial charge in [0.05, 0.1) is 0 Å². The van der Waals surface area contributed by atoms with Crippen molar-refractivity contribution in [3.05, 3.63) is 175 Å². The molecule has 1 nitrogen and oxygen atoms in total. The van der Waals surface area contributed by atoms with Crippen LogP contribution in [0.25, 0.3) is 44.2 Å². The van der Waals surface area contributed by atoms with E-state index in [0.717, 1.165) is 23.7 Å². The molecule has 5 aliphatic rings. The fourth-order valence-corrected chi connectivity index (χ4v) is 11.3. The highest BCUT2D eigenvalue weighted by Crippen LogP contribution is 2.69. The molecule has 0 radical (unpaired) electrons. The summed E-state index contributed by atoms with van der Waals surface area (Å²) >= 11 is 0. The summed E-state index contributed by atoms with van der Waals surface area (Å²) in [5.41, 5.74) is 14.9. The standard InChI is InChI=1S/C50H41N/c1-2-8-35(9-3-1)37-16-20-43(21-17-37)51(44-22-18-38(19-23-44)40-15-14-36-10-4-5-11-39(36)31-40)45-24-25-47-46-12-6-7-13-48(46)50(49(47)32-45)41-27-33-26-34(29-41)30-42(50)28-33/h1-25,31-34,41-42H,26-30H2. The third kappa shape index (κ3) is 4.47. The minimum Gasteiger partial charge on any atom is -0.310 e. The summed E-state index contributed by atoms with van der Waals surface area (Å²) in [5, 5.41) is 2.55. The first-order valence-corrected chi connectivity index (χ1v) is 19.0. The SMILES string of the molecule is c1ccc(-c2ccc(N(c3ccc(-c4ccc5ccccc5c4)cc3)c3ccc4c(c3)C3(c5ccccc5-4)C4CC5CC(C4)CC3C5)cc2)cc1. The second-order valence-electron chi connectivity index (χ2n) is 15.8. The average molecular weight is 656 g/mol. The van der Waals surface area contributed by atoms with Gasteiger partial charge in [0, 0.05) is 22.5 Å². The second-order valence-corrected chi connectivity index (χ2v) is 15.8. The average Bonchev–Trinajstić information content (AvgIpc) is 3.47. The third-order valence-electron chi connectivity index (χ3n) is 13.2. The fraction of sp³-hybridized carbons (Fsp3) is 0.200. The van der Waals surface area contributed by atoms with Crippen molar-refractivity contribution in [3.8, 4) is 33.4 Å². The van der Waals surface area contributed by atoms with Crippen molar-refractivity contribution < 1.29 is 0 Å². The Labute approximate surface area is 301 Å². The Morgan fingerprint density at radius 1 is 0.373 bits per heavy atom. The number of nitrogens with zero attached hydrogens (tertiary/aromatic N) is 1. The van der Waals surface area contributed by atoms with E-state index < -0.39 is 0 Å². The summed E-state index contributed by atoms with van der Waals surface area (Å²) in [4.78, 5) is 2.49. The number of rotatable bonds is 5. The molecular weight excluding hydrogens is 615 g/mol. The van der Waals surface area contributed by atoms with Crippen LogP contribution in [0.15, 0.2) is 164 Å². The van der Waals surface area contributed by atoms with E-state index in [1.54, 1.807) is 11.1 Å². The second kappa shape index (κ2) is 11.3. The number of hydrogen-bond acceptors (Lipinski definition) is 1. The fourth-order valence-electron chi connectivity index (χ4n) is 11.3. The van der Waals surface area contributed by atoms with Crippen LogP contribution in [0.3, 0.4) is 0 Å². The van der Waals surface area contributed by atoms with Gasteiger partial charge in [-0.15, -0.1) is 0 Å². The molecule has 1 spiro atoms. The molecule has 7 aromatic carbocycles. The first-order valence-electron chi connectivity index (χ1n) is 19.0. The van der Waals surface area contributed by atoms with E-state index in [-0.39, 0.29) is 5.41 Å². The van der Waals surface area contributed by atoms with E-state index in [1.165, 1.54) is 93.3 Å². The molecule has 12 rings (SSSR count). The minimum absolute atomic E-state index is 0.137. The summed E-state index contributed by atoms with van der Waals surface area (Å²) in [7, 11) is 0. The summed E-state index contributed by atoms with van der Waals surface area (Å²) in [6, 6.07) is 61.4. The molecule has 0 N–H and O–H groups in total. The number of hydrogen-bond donors (Lipinski definition) is 0. The highest BCUT2D eigenvalue weighted by molar-refractivity contribution is 5.89. The van der Waals surface area contributed by atoms with Gasteiger partial charge in [-0.05, 0) is 154 Å². The zero-order chi connectivity index (χ0) is 33.5. The van der Waals surface area contributed by atoms with E-state index in [0.29, 0.717) is 0 Å². The summed E-state index contributed by atoms with van der Waals surface area (Å²) < 4.78 is 0. The van der Waals surface area contributed by atoms with Gasteiger partial charge < -0.3 is 4.90 Å². The minimum atomic E-state index is 0.137. The van der Waals surface area contributed by atoms with Gasteiger partial charge in [-0.1, -0.05) is 121 Å². The molecule has 51 heavy (non-hydrogen) atoms. The van der Waals surface area contributed by atoms with E-state index in [1.807, 2.05) is 0 Å². The summed E-state index contributed by atoms with van der Waals surface area (Å²) in [6.07, 6.45) is 7.05. The highest BCUT2D eigenvalue weighted by atomic mass is 15.1. The predicted molar refractivity (Wildman–Crippen MR) is 213 cm³/mol. The zero-order valence-electron chi connectivity index (χ0n) is 28.9. The first-order chi connectivity index (χ1) is 25.2. The van der Waals surface area contributed by atoms with Crippen molar-refractivity contribution in [3.63, 3.8) is 0 Å². The quantitative estimate of drug-likeness (QED) is 0.178. The van der Waals surface area contributed by atoms with Crippen molar-refractivity contribution in [2.24, 2.45) is 23.7 Å². The van der Waals surface area contributed by atoms with Crippen LogP contribution in [0.5, 0.6) is 0 Å². The lowest BCUT2D eigenvalue weighted by atomic mass is 9.43. The number of anilines is 3. The van der Waals surface area contributed by atoms with Crippen LogP contribution >= 0.6 is 0 Å². The maximum atomic E-state index is 2.61. The molecule has 0 saturated heterocycles. The smallest absolute Gasteiger partial charge is 0.0465 e. The van der Waals surface area contributed by atoms with E-state index >= 15 is 0 Å². The molecule has 1 heteroatoms. The van der Waals surface area contributed by atoms with Crippen LogP contribution in [0, 0.1) is 23.7 Å². The van der Waals surface area contributed by atoms with Crippen LogP contribution in [-0.4, -0.2) is 0 Å². The number of benzene rings is 7. The van der Waals surface area contributed by atoms with Crippen LogP contribution in [0.4, 0.5) is 17.1 Å². The van der Waals surface area contributed by atoms with Gasteiger partial charge >= 0.3 is 0 Å². The first kappa shape index (κ1) is 29.3. The molecule has 246 valence electrons. The molecule has 5 aliphatic carbocycles. The normalized spacial score (nSPS) is 23.8. The van der Waals surface area contributed by atoms with Crippen molar-refractivity contribution in [2.45, 2.75) is 37.5 Å². The van der Waals surface area contributed by atoms with E-state index in [9.17, 15) is 0 Å². The highest BCUT2D eigenvalue weighted by Gasteiger charge is 2.61. The Kier molecular flexibility index (Phi) is 6.50. The molecule has 0 unspecified atom stereocenters. The van der Waals surface area contributed by atoms with Gasteiger partial charge in [0.1, 0.15) is 0 Å². The van der Waals surface area contributed by atoms with Gasteiger partial charge in [0.2, 0.25) is 0 Å². The van der Waals surface area contributed by atoms with Gasteiger partial charge in [-0.2, -0.15) is 0 Å². The van der Waals surface area contributed by atoms with Crippen molar-refractivity contribution >= 4 is 27.8 Å². The Bertz CT molecular complexity index is 2390. The Morgan fingerprint density at radius 3 is 1.61 bits per heavy atom. The molecule has 4 saturated carbocycles. The van der Waals surface area contributed by atoms with Gasteiger partial charge in [-0.3, -0.25) is 0 Å². The van der Waals surface area contributed by atoms with Crippen molar-refractivity contribution in [1.29, 1.82) is 0 Å². The molecule has 4 fully saturated rings. The van der Waals surface area contributed by atoms with E-state index in [4.69, 9.17) is 0 Å². The maximum Gasteiger partial charge on any atom is 0.0465 e. The van der Waals surface area contributed by atoms with Gasteiger partial charge in [0.25, 0.3) is 0 Å². The predicted octanol–water partition coefficient (Wildman–Crippen LogP) is 13.4. The molecule has 0 atom stereocenters. The van der Waals surface area contributed by atoms with Crippen LogP contribution in [0.2, 0.25) is 0 Å². The van der Waals surface area contributed by atoms with Crippen LogP contribution < -0.4 is 4.90 Å². The molecule has 0 aromatic heterocycles. The lowest BCUT2D eigenvalue weighted by molar-refractivity contribution is -0.0399.